The van der Waals surface area contributed by atoms with Gasteiger partial charge >= 0.3 is 0 Å². The van der Waals surface area contributed by atoms with Gasteiger partial charge in [0.25, 0.3) is 0 Å². The second kappa shape index (κ2) is 4.01. The van der Waals surface area contributed by atoms with Gasteiger partial charge in [0.15, 0.2) is 0 Å². The lowest BCUT2D eigenvalue weighted by Gasteiger charge is -2.03. The molecule has 0 spiro atoms. The predicted octanol–water partition coefficient (Wildman–Crippen LogP) is 2.07. The summed E-state index contributed by atoms with van der Waals surface area (Å²) in [5.41, 5.74) is 1.77. The second-order valence-electron chi connectivity index (χ2n) is 2.33. The van der Waals surface area contributed by atoms with E-state index in [1.54, 1.807) is 0 Å². The van der Waals surface area contributed by atoms with Crippen LogP contribution in [0.15, 0.2) is 18.2 Å². The van der Waals surface area contributed by atoms with E-state index in [1.807, 2.05) is 18.2 Å². The van der Waals surface area contributed by atoms with Crippen LogP contribution in [0, 0.1) is 0 Å². The van der Waals surface area contributed by atoms with E-state index in [0.29, 0.717) is 3.92 Å². The summed E-state index contributed by atoms with van der Waals surface area (Å²) >= 11 is 2.30. The lowest BCUT2D eigenvalue weighted by atomic mass is 10.2. The molecule has 11 heavy (non-hydrogen) atoms. The molecule has 1 heterocycles. The van der Waals surface area contributed by atoms with Crippen molar-refractivity contribution < 1.29 is 5.11 Å². The van der Waals surface area contributed by atoms with Crippen molar-refractivity contribution in [3.8, 4) is 0 Å². The van der Waals surface area contributed by atoms with Gasteiger partial charge in [0, 0.05) is 0 Å². The van der Waals surface area contributed by atoms with Crippen molar-refractivity contribution in [2.24, 2.45) is 0 Å². The normalized spacial score (nSPS) is 13.0. The van der Waals surface area contributed by atoms with Crippen LogP contribution in [0.25, 0.3) is 0 Å². The van der Waals surface area contributed by atoms with Crippen molar-refractivity contribution in [1.29, 1.82) is 0 Å². The van der Waals surface area contributed by atoms with Gasteiger partial charge < -0.3 is 5.11 Å². The molecule has 0 bridgehead atoms. The highest BCUT2D eigenvalue weighted by atomic mass is 127. The summed E-state index contributed by atoms with van der Waals surface area (Å²) in [5.74, 6) is 0. The number of rotatable bonds is 2. The Morgan fingerprint density at radius 2 is 2.36 bits per heavy atom. The third-order valence-corrected chi connectivity index (χ3v) is 2.04. The van der Waals surface area contributed by atoms with E-state index in [2.05, 4.69) is 34.5 Å². The van der Waals surface area contributed by atoms with Crippen LogP contribution in [-0.4, -0.2) is 10.1 Å². The van der Waals surface area contributed by atoms with Gasteiger partial charge in [-0.3, -0.25) is 4.98 Å². The first-order chi connectivity index (χ1) is 5.24. The quantitative estimate of drug-likeness (QED) is 0.654. The van der Waals surface area contributed by atoms with E-state index >= 15 is 0 Å². The molecule has 3 heteroatoms. The maximum Gasteiger partial charge on any atom is 0.0853 e. The van der Waals surface area contributed by atoms with Crippen LogP contribution in [0.1, 0.15) is 22.2 Å². The Morgan fingerprint density at radius 3 is 2.91 bits per heavy atom. The average Bonchev–Trinajstić information content (AvgIpc) is 2.05. The molecule has 1 N–H and O–H groups in total. The van der Waals surface area contributed by atoms with E-state index < -0.39 is 0 Å². The van der Waals surface area contributed by atoms with Gasteiger partial charge in [0.2, 0.25) is 0 Å². The fourth-order valence-electron chi connectivity index (χ4n) is 0.808. The second-order valence-corrected chi connectivity index (χ2v) is 4.20. The van der Waals surface area contributed by atoms with Gasteiger partial charge in [-0.1, -0.05) is 28.7 Å². The van der Waals surface area contributed by atoms with E-state index in [1.165, 1.54) is 0 Å². The summed E-state index contributed by atoms with van der Waals surface area (Å²) < 4.78 is 0.402. The minimum Gasteiger partial charge on any atom is -0.390 e. The largest absolute Gasteiger partial charge is 0.390 e. The van der Waals surface area contributed by atoms with E-state index in [-0.39, 0.29) is 6.61 Å². The Hall–Kier alpha value is -0.160. The molecule has 0 radical (unpaired) electrons. The first kappa shape index (κ1) is 8.93. The van der Waals surface area contributed by atoms with Crippen LogP contribution in [0.3, 0.4) is 0 Å². The Morgan fingerprint density at radius 1 is 1.64 bits per heavy atom. The standard InChI is InChI=1S/C8H10INO/c1-6(9)8-4-2-3-7(5-11)10-8/h2-4,6,11H,5H2,1H3/t6-/m1/s1. The summed E-state index contributed by atoms with van der Waals surface area (Å²) in [7, 11) is 0. The lowest BCUT2D eigenvalue weighted by Crippen LogP contribution is -1.94. The molecule has 0 saturated carbocycles. The summed E-state index contributed by atoms with van der Waals surface area (Å²) in [4.78, 5) is 4.23. The number of aromatic nitrogens is 1. The molecule has 1 rings (SSSR count). The molecule has 0 aliphatic carbocycles. The van der Waals surface area contributed by atoms with Crippen molar-refractivity contribution in [3.63, 3.8) is 0 Å². The number of hydrogen-bond acceptors (Lipinski definition) is 2. The topological polar surface area (TPSA) is 33.1 Å². The van der Waals surface area contributed by atoms with Gasteiger partial charge in [0.05, 0.1) is 21.9 Å². The average molecular weight is 263 g/mol. The van der Waals surface area contributed by atoms with Crippen LogP contribution in [0.4, 0.5) is 0 Å². The van der Waals surface area contributed by atoms with Gasteiger partial charge in [-0.15, -0.1) is 0 Å². The summed E-state index contributed by atoms with van der Waals surface area (Å²) in [6, 6.07) is 5.71. The van der Waals surface area contributed by atoms with Crippen molar-refractivity contribution in [3.05, 3.63) is 29.6 Å². The van der Waals surface area contributed by atoms with Crippen LogP contribution < -0.4 is 0 Å². The van der Waals surface area contributed by atoms with E-state index in [4.69, 9.17) is 5.11 Å². The molecule has 60 valence electrons. The molecule has 1 aromatic heterocycles. The summed E-state index contributed by atoms with van der Waals surface area (Å²) in [5, 5.41) is 8.78. The molecule has 0 amide bonds. The number of halogens is 1. The highest BCUT2D eigenvalue weighted by Crippen LogP contribution is 2.19. The van der Waals surface area contributed by atoms with Crippen molar-refractivity contribution in [2.75, 3.05) is 0 Å². The van der Waals surface area contributed by atoms with Gasteiger partial charge in [-0.2, -0.15) is 0 Å². The summed E-state index contributed by atoms with van der Waals surface area (Å²) in [6.45, 7) is 2.10. The first-order valence-electron chi connectivity index (χ1n) is 3.45. The van der Waals surface area contributed by atoms with Crippen LogP contribution in [0.5, 0.6) is 0 Å². The Bertz CT molecular complexity index is 237. The molecule has 0 saturated heterocycles. The number of pyridine rings is 1. The van der Waals surface area contributed by atoms with E-state index in [9.17, 15) is 0 Å². The zero-order valence-corrected chi connectivity index (χ0v) is 8.45. The van der Waals surface area contributed by atoms with Gasteiger partial charge in [0.1, 0.15) is 0 Å². The molecular formula is C8H10INO. The highest BCUT2D eigenvalue weighted by Gasteiger charge is 2.01. The number of hydrogen-bond donors (Lipinski definition) is 1. The van der Waals surface area contributed by atoms with Crippen LogP contribution in [-0.2, 0) is 6.61 Å². The molecular weight excluding hydrogens is 253 g/mol. The monoisotopic (exact) mass is 263 g/mol. The fraction of sp³-hybridized carbons (Fsp3) is 0.375. The molecule has 0 aliphatic rings. The SMILES string of the molecule is C[C@@H](I)c1cccc(CO)n1. The van der Waals surface area contributed by atoms with Crippen LogP contribution >= 0.6 is 22.6 Å². The maximum atomic E-state index is 8.78. The number of alkyl halides is 1. The molecule has 2 nitrogen and oxygen atoms in total. The molecule has 0 aliphatic heterocycles. The highest BCUT2D eigenvalue weighted by molar-refractivity contribution is 14.1. The van der Waals surface area contributed by atoms with Gasteiger partial charge in [-0.05, 0) is 19.1 Å². The smallest absolute Gasteiger partial charge is 0.0853 e. The molecule has 1 aromatic rings. The maximum absolute atomic E-state index is 8.78. The van der Waals surface area contributed by atoms with Crippen LogP contribution in [0.2, 0.25) is 0 Å². The minimum atomic E-state index is 0.0250. The number of aliphatic hydroxyl groups is 1. The number of nitrogens with zero attached hydrogens (tertiary/aromatic N) is 1. The van der Waals surface area contributed by atoms with Crippen molar-refractivity contribution in [1.82, 2.24) is 4.98 Å². The number of aliphatic hydroxyl groups excluding tert-OH is 1. The predicted molar refractivity (Wildman–Crippen MR) is 52.6 cm³/mol. The molecule has 0 fully saturated rings. The lowest BCUT2D eigenvalue weighted by molar-refractivity contribution is 0.276. The third-order valence-electron chi connectivity index (χ3n) is 1.40. The van der Waals surface area contributed by atoms with Gasteiger partial charge in [-0.25, -0.2) is 0 Å². The Balaban J connectivity index is 2.91. The Kier molecular flexibility index (Phi) is 3.26. The molecule has 0 unspecified atom stereocenters. The minimum absolute atomic E-state index is 0.0250. The fourth-order valence-corrected chi connectivity index (χ4v) is 1.15. The van der Waals surface area contributed by atoms with E-state index in [0.717, 1.165) is 11.4 Å². The zero-order chi connectivity index (χ0) is 8.27. The summed E-state index contributed by atoms with van der Waals surface area (Å²) in [6.07, 6.45) is 0. The zero-order valence-electron chi connectivity index (χ0n) is 6.29. The first-order valence-corrected chi connectivity index (χ1v) is 4.69. The Labute approximate surface area is 79.8 Å². The van der Waals surface area contributed by atoms with Crippen molar-refractivity contribution in [2.45, 2.75) is 17.5 Å². The third kappa shape index (κ3) is 2.41. The van der Waals surface area contributed by atoms with Crippen molar-refractivity contribution >= 4 is 22.6 Å². The molecule has 0 aromatic carbocycles. The molecule has 1 atom stereocenters.